The first-order chi connectivity index (χ1) is 12.7. The monoisotopic (exact) mass is 375 g/mol. The number of nitrogens with one attached hydrogen (secondary N) is 1. The van der Waals surface area contributed by atoms with Crippen LogP contribution in [-0.4, -0.2) is 19.6 Å². The van der Waals surface area contributed by atoms with Crippen LogP contribution in [0.5, 0.6) is 11.5 Å². The number of carbonyl (C=O) groups is 1. The largest absolute Gasteiger partial charge is 0.493 e. The second-order valence-electron chi connectivity index (χ2n) is 6.88. The van der Waals surface area contributed by atoms with Crippen molar-refractivity contribution in [1.82, 2.24) is 0 Å². The van der Waals surface area contributed by atoms with Crippen molar-refractivity contribution in [2.75, 3.05) is 12.4 Å². The highest BCUT2D eigenvalue weighted by Crippen LogP contribution is 2.33. The zero-order valence-corrected chi connectivity index (χ0v) is 15.8. The van der Waals surface area contributed by atoms with E-state index in [9.17, 15) is 13.6 Å². The molecule has 0 spiro atoms. The fourth-order valence-electron chi connectivity index (χ4n) is 2.63. The van der Waals surface area contributed by atoms with Gasteiger partial charge in [0.2, 0.25) is 5.91 Å². The average Bonchev–Trinajstić information content (AvgIpc) is 2.60. The molecule has 1 N–H and O–H groups in total. The highest BCUT2D eigenvalue weighted by molar-refractivity contribution is 6.02. The number of alkyl halides is 2. The van der Waals surface area contributed by atoms with Gasteiger partial charge in [-0.15, -0.1) is 0 Å². The molecule has 144 valence electrons. The van der Waals surface area contributed by atoms with Crippen molar-refractivity contribution in [2.45, 2.75) is 32.8 Å². The normalized spacial score (nSPS) is 11.7. The topological polar surface area (TPSA) is 47.6 Å². The Labute approximate surface area is 157 Å². The van der Waals surface area contributed by atoms with Crippen LogP contribution in [0, 0.1) is 0 Å². The Morgan fingerprint density at radius 3 is 2.44 bits per heavy atom. The number of hydrogen-bond donors (Lipinski definition) is 1. The van der Waals surface area contributed by atoms with Crippen molar-refractivity contribution in [2.24, 2.45) is 0 Å². The third-order valence-electron chi connectivity index (χ3n) is 3.84. The summed E-state index contributed by atoms with van der Waals surface area (Å²) in [6, 6.07) is 12.2. The molecule has 0 aliphatic carbocycles. The molecule has 1 amide bonds. The number of hydrogen-bond acceptors (Lipinski definition) is 3. The highest BCUT2D eigenvalue weighted by Gasteiger charge is 2.18. The third kappa shape index (κ3) is 5.54. The molecule has 2 rings (SSSR count). The number of methoxy groups -OCH3 is 1. The lowest BCUT2D eigenvalue weighted by Crippen LogP contribution is -2.17. The summed E-state index contributed by atoms with van der Waals surface area (Å²) in [5.41, 5.74) is 1.87. The molecule has 0 unspecified atom stereocenters. The molecule has 0 atom stereocenters. The van der Waals surface area contributed by atoms with Crippen LogP contribution in [0.2, 0.25) is 0 Å². The summed E-state index contributed by atoms with van der Waals surface area (Å²) in [4.78, 5) is 12.3. The zero-order valence-electron chi connectivity index (χ0n) is 15.8. The SMILES string of the molecule is COc1cccc(/C=C/C(=O)Nc2ccccc2C(C)(C)C)c1OC(F)F. The summed E-state index contributed by atoms with van der Waals surface area (Å²) in [7, 11) is 1.36. The van der Waals surface area contributed by atoms with Crippen LogP contribution < -0.4 is 14.8 Å². The van der Waals surface area contributed by atoms with Gasteiger partial charge < -0.3 is 14.8 Å². The van der Waals surface area contributed by atoms with Gasteiger partial charge in [0.25, 0.3) is 0 Å². The number of ether oxygens (including phenoxy) is 2. The molecule has 0 saturated heterocycles. The minimum absolute atomic E-state index is 0.117. The molecule has 0 radical (unpaired) electrons. The summed E-state index contributed by atoms with van der Waals surface area (Å²) in [6.07, 6.45) is 2.68. The lowest BCUT2D eigenvalue weighted by atomic mass is 9.86. The molecule has 4 nitrogen and oxygen atoms in total. The molecule has 2 aromatic carbocycles. The fourth-order valence-corrected chi connectivity index (χ4v) is 2.63. The van der Waals surface area contributed by atoms with Crippen LogP contribution in [0.1, 0.15) is 31.9 Å². The maximum Gasteiger partial charge on any atom is 0.387 e. The molecule has 0 aliphatic rings. The summed E-state index contributed by atoms with van der Waals surface area (Å²) >= 11 is 0. The summed E-state index contributed by atoms with van der Waals surface area (Å²) in [6.45, 7) is 3.16. The maximum absolute atomic E-state index is 12.7. The molecular formula is C21H23F2NO3. The van der Waals surface area contributed by atoms with Crippen molar-refractivity contribution < 1.29 is 23.0 Å². The molecule has 0 saturated carbocycles. The van der Waals surface area contributed by atoms with Gasteiger partial charge in [-0.3, -0.25) is 4.79 Å². The van der Waals surface area contributed by atoms with Crippen molar-refractivity contribution in [3.63, 3.8) is 0 Å². The number of rotatable bonds is 6. The predicted molar refractivity (Wildman–Crippen MR) is 102 cm³/mol. The lowest BCUT2D eigenvalue weighted by molar-refractivity contribution is -0.111. The average molecular weight is 375 g/mol. The first-order valence-corrected chi connectivity index (χ1v) is 8.42. The van der Waals surface area contributed by atoms with Gasteiger partial charge in [-0.05, 0) is 29.2 Å². The van der Waals surface area contributed by atoms with E-state index in [1.54, 1.807) is 12.1 Å². The van der Waals surface area contributed by atoms with E-state index in [1.165, 1.54) is 25.3 Å². The van der Waals surface area contributed by atoms with E-state index in [0.717, 1.165) is 5.56 Å². The van der Waals surface area contributed by atoms with Gasteiger partial charge in [-0.25, -0.2) is 0 Å². The molecule has 0 fully saturated rings. The Hall–Kier alpha value is -2.89. The van der Waals surface area contributed by atoms with E-state index in [2.05, 4.69) is 30.8 Å². The first kappa shape index (κ1) is 20.4. The predicted octanol–water partition coefficient (Wildman–Crippen LogP) is 5.25. The summed E-state index contributed by atoms with van der Waals surface area (Å²) in [5.74, 6) is -0.331. The molecule has 0 heterocycles. The molecule has 0 aromatic heterocycles. The smallest absolute Gasteiger partial charge is 0.387 e. The number of benzene rings is 2. The van der Waals surface area contributed by atoms with Crippen LogP contribution >= 0.6 is 0 Å². The van der Waals surface area contributed by atoms with Gasteiger partial charge in [0.15, 0.2) is 11.5 Å². The Morgan fingerprint density at radius 2 is 1.81 bits per heavy atom. The molecule has 27 heavy (non-hydrogen) atoms. The quantitative estimate of drug-likeness (QED) is 0.702. The van der Waals surface area contributed by atoms with E-state index in [4.69, 9.17) is 4.74 Å². The summed E-state index contributed by atoms with van der Waals surface area (Å²) in [5, 5.41) is 2.83. The van der Waals surface area contributed by atoms with Gasteiger partial charge >= 0.3 is 6.61 Å². The Bertz CT molecular complexity index is 826. The van der Waals surface area contributed by atoms with Crippen LogP contribution in [0.3, 0.4) is 0 Å². The standard InChI is InChI=1S/C21H23F2NO3/c1-21(2,3)15-9-5-6-10-16(15)24-18(25)13-12-14-8-7-11-17(26-4)19(14)27-20(22)23/h5-13,20H,1-4H3,(H,24,25)/b13-12+. The van der Waals surface area contributed by atoms with Crippen molar-refractivity contribution in [1.29, 1.82) is 0 Å². The zero-order chi connectivity index (χ0) is 20.0. The van der Waals surface area contributed by atoms with Crippen LogP contribution in [0.15, 0.2) is 48.5 Å². The van der Waals surface area contributed by atoms with E-state index in [1.807, 2.05) is 24.3 Å². The van der Waals surface area contributed by atoms with Gasteiger partial charge in [0, 0.05) is 17.3 Å². The van der Waals surface area contributed by atoms with E-state index < -0.39 is 6.61 Å². The Balaban J connectivity index is 2.24. The van der Waals surface area contributed by atoms with E-state index in [-0.39, 0.29) is 22.8 Å². The third-order valence-corrected chi connectivity index (χ3v) is 3.84. The highest BCUT2D eigenvalue weighted by atomic mass is 19.3. The van der Waals surface area contributed by atoms with Crippen LogP contribution in [-0.2, 0) is 10.2 Å². The second-order valence-corrected chi connectivity index (χ2v) is 6.88. The van der Waals surface area contributed by atoms with Gasteiger partial charge in [-0.2, -0.15) is 8.78 Å². The Morgan fingerprint density at radius 1 is 1.11 bits per heavy atom. The fraction of sp³-hybridized carbons (Fsp3) is 0.286. The molecule has 0 bridgehead atoms. The Kier molecular flexibility index (Phi) is 6.55. The van der Waals surface area contributed by atoms with Gasteiger partial charge in [-0.1, -0.05) is 51.1 Å². The maximum atomic E-state index is 12.7. The minimum Gasteiger partial charge on any atom is -0.493 e. The minimum atomic E-state index is -3.00. The first-order valence-electron chi connectivity index (χ1n) is 8.42. The number of halogens is 2. The lowest BCUT2D eigenvalue weighted by Gasteiger charge is -2.22. The van der Waals surface area contributed by atoms with Crippen LogP contribution in [0.25, 0.3) is 6.08 Å². The number of carbonyl (C=O) groups excluding carboxylic acids is 1. The van der Waals surface area contributed by atoms with Crippen LogP contribution in [0.4, 0.5) is 14.5 Å². The molecule has 6 heteroatoms. The molecular weight excluding hydrogens is 352 g/mol. The number of anilines is 1. The number of amides is 1. The molecule has 2 aromatic rings. The number of para-hydroxylation sites is 2. The second kappa shape index (κ2) is 8.66. The van der Waals surface area contributed by atoms with E-state index in [0.29, 0.717) is 11.3 Å². The van der Waals surface area contributed by atoms with Gasteiger partial charge in [0.05, 0.1) is 7.11 Å². The summed E-state index contributed by atoms with van der Waals surface area (Å²) < 4.78 is 34.9. The van der Waals surface area contributed by atoms with Gasteiger partial charge in [0.1, 0.15) is 0 Å². The van der Waals surface area contributed by atoms with E-state index >= 15 is 0 Å². The van der Waals surface area contributed by atoms with Crippen molar-refractivity contribution >= 4 is 17.7 Å². The molecule has 0 aliphatic heterocycles. The van der Waals surface area contributed by atoms with Crippen molar-refractivity contribution in [3.8, 4) is 11.5 Å². The van der Waals surface area contributed by atoms with Crippen molar-refractivity contribution in [3.05, 3.63) is 59.7 Å².